The van der Waals surface area contributed by atoms with Gasteiger partial charge in [-0.1, -0.05) is 17.7 Å². The summed E-state index contributed by atoms with van der Waals surface area (Å²) in [4.78, 5) is 43.0. The summed E-state index contributed by atoms with van der Waals surface area (Å²) in [7, 11) is 1.56. The van der Waals surface area contributed by atoms with Gasteiger partial charge in [0.15, 0.2) is 0 Å². The van der Waals surface area contributed by atoms with Crippen LogP contribution in [0.5, 0.6) is 5.75 Å². The number of carbonyl (C=O) groups excluding carboxylic acids is 3. The van der Waals surface area contributed by atoms with Gasteiger partial charge in [0.2, 0.25) is 11.8 Å². The molecule has 1 unspecified atom stereocenters. The number of benzene rings is 2. The van der Waals surface area contributed by atoms with E-state index in [2.05, 4.69) is 0 Å². The third kappa shape index (κ3) is 4.41. The predicted molar refractivity (Wildman–Crippen MR) is 117 cm³/mol. The zero-order chi connectivity index (χ0) is 22.8. The van der Waals surface area contributed by atoms with E-state index in [9.17, 15) is 18.8 Å². The van der Waals surface area contributed by atoms with Crippen LogP contribution in [0.4, 0.5) is 10.1 Å². The lowest BCUT2D eigenvalue weighted by atomic mass is 10.1. The Morgan fingerprint density at radius 2 is 1.78 bits per heavy atom. The quantitative estimate of drug-likeness (QED) is 0.705. The van der Waals surface area contributed by atoms with Crippen LogP contribution < -0.4 is 9.64 Å². The highest BCUT2D eigenvalue weighted by atomic mass is 35.5. The molecule has 0 aromatic heterocycles. The highest BCUT2D eigenvalue weighted by molar-refractivity contribution is 6.31. The van der Waals surface area contributed by atoms with E-state index in [0.717, 1.165) is 0 Å². The first-order chi connectivity index (χ1) is 15.4. The molecule has 1 atom stereocenters. The molecule has 0 aliphatic carbocycles. The van der Waals surface area contributed by atoms with Crippen LogP contribution in [0.1, 0.15) is 16.8 Å². The summed E-state index contributed by atoms with van der Waals surface area (Å²) in [5.41, 5.74) is 0.621. The van der Waals surface area contributed by atoms with Crippen LogP contribution in [0.2, 0.25) is 5.02 Å². The van der Waals surface area contributed by atoms with Crippen molar-refractivity contribution in [1.29, 1.82) is 0 Å². The number of ether oxygens (including phenoxy) is 1. The molecule has 2 saturated heterocycles. The fourth-order valence-corrected chi connectivity index (χ4v) is 4.29. The highest BCUT2D eigenvalue weighted by Crippen LogP contribution is 2.29. The number of hydrogen-bond donors (Lipinski definition) is 0. The Bertz CT molecular complexity index is 1060. The zero-order valence-corrected chi connectivity index (χ0v) is 18.3. The highest BCUT2D eigenvalue weighted by Gasteiger charge is 2.38. The third-order valence-electron chi connectivity index (χ3n) is 5.88. The lowest BCUT2D eigenvalue weighted by molar-refractivity contribution is -0.137. The minimum Gasteiger partial charge on any atom is -0.497 e. The summed E-state index contributed by atoms with van der Waals surface area (Å²) in [6.45, 7) is 1.54. The van der Waals surface area contributed by atoms with Crippen molar-refractivity contribution in [2.75, 3.05) is 44.7 Å². The smallest absolute Gasteiger partial charge is 0.257 e. The van der Waals surface area contributed by atoms with Crippen molar-refractivity contribution < 1.29 is 23.5 Å². The van der Waals surface area contributed by atoms with Gasteiger partial charge in [0, 0.05) is 55.9 Å². The Balaban J connectivity index is 1.37. The molecule has 9 heteroatoms. The molecule has 0 N–H and O–H groups in total. The maximum Gasteiger partial charge on any atom is 0.257 e. The molecule has 4 rings (SSSR count). The number of rotatable bonds is 4. The number of hydrogen-bond acceptors (Lipinski definition) is 4. The van der Waals surface area contributed by atoms with Gasteiger partial charge in [-0.2, -0.15) is 0 Å². The number of nitrogens with zero attached hydrogens (tertiary/aromatic N) is 3. The summed E-state index contributed by atoms with van der Waals surface area (Å²) >= 11 is 5.89. The molecule has 2 aliphatic rings. The van der Waals surface area contributed by atoms with Crippen molar-refractivity contribution in [2.24, 2.45) is 5.92 Å². The van der Waals surface area contributed by atoms with Gasteiger partial charge in [-0.3, -0.25) is 14.4 Å². The van der Waals surface area contributed by atoms with Gasteiger partial charge in [-0.05, 0) is 30.3 Å². The Morgan fingerprint density at radius 1 is 1.06 bits per heavy atom. The summed E-state index contributed by atoms with van der Waals surface area (Å²) in [5.74, 6) is -1.09. The molecule has 2 heterocycles. The summed E-state index contributed by atoms with van der Waals surface area (Å²) < 4.78 is 19.2. The maximum absolute atomic E-state index is 14.0. The van der Waals surface area contributed by atoms with E-state index in [1.54, 1.807) is 35.1 Å². The number of methoxy groups -OCH3 is 1. The van der Waals surface area contributed by atoms with E-state index >= 15 is 0 Å². The Kier molecular flexibility index (Phi) is 6.32. The number of anilines is 1. The molecule has 2 aliphatic heterocycles. The maximum atomic E-state index is 14.0. The molecular formula is C23H23ClFN3O4. The number of halogens is 2. The summed E-state index contributed by atoms with van der Waals surface area (Å²) in [6.07, 6.45) is 0.142. The molecule has 0 spiro atoms. The molecule has 0 radical (unpaired) electrons. The van der Waals surface area contributed by atoms with Crippen LogP contribution in [-0.4, -0.2) is 67.4 Å². The minimum absolute atomic E-state index is 0.0763. The van der Waals surface area contributed by atoms with Gasteiger partial charge in [-0.25, -0.2) is 4.39 Å². The van der Waals surface area contributed by atoms with E-state index in [1.807, 2.05) is 6.07 Å². The standard InChI is InChI=1S/C23H23ClFN3O4/c1-32-18-4-2-3-17(13-18)28-14-15(11-21(28)29)22(30)26-7-9-27(10-8-26)23(31)19-12-16(24)5-6-20(19)25/h2-6,12-13,15H,7-11,14H2,1H3. The van der Waals surface area contributed by atoms with E-state index in [0.29, 0.717) is 31.1 Å². The van der Waals surface area contributed by atoms with Crippen molar-refractivity contribution in [3.05, 3.63) is 58.9 Å². The normalized spacial score (nSPS) is 18.8. The topological polar surface area (TPSA) is 70.2 Å². The first kappa shape index (κ1) is 22.1. The summed E-state index contributed by atoms with van der Waals surface area (Å²) in [5, 5.41) is 0.287. The van der Waals surface area contributed by atoms with E-state index in [1.165, 1.54) is 23.1 Å². The van der Waals surface area contributed by atoms with Crippen LogP contribution in [0.15, 0.2) is 42.5 Å². The van der Waals surface area contributed by atoms with E-state index in [4.69, 9.17) is 16.3 Å². The van der Waals surface area contributed by atoms with Crippen LogP contribution in [0, 0.1) is 11.7 Å². The van der Waals surface area contributed by atoms with Crippen molar-refractivity contribution in [3.8, 4) is 5.75 Å². The third-order valence-corrected chi connectivity index (χ3v) is 6.11. The second kappa shape index (κ2) is 9.16. The average Bonchev–Trinajstić information content (AvgIpc) is 3.21. The van der Waals surface area contributed by atoms with Crippen molar-refractivity contribution in [2.45, 2.75) is 6.42 Å². The first-order valence-electron chi connectivity index (χ1n) is 10.3. The monoisotopic (exact) mass is 459 g/mol. The molecule has 2 aromatic carbocycles. The van der Waals surface area contributed by atoms with Crippen LogP contribution in [-0.2, 0) is 9.59 Å². The molecule has 0 saturated carbocycles. The van der Waals surface area contributed by atoms with Crippen LogP contribution in [0.25, 0.3) is 0 Å². The fraction of sp³-hybridized carbons (Fsp3) is 0.348. The second-order valence-electron chi connectivity index (χ2n) is 7.85. The van der Waals surface area contributed by atoms with Crippen molar-refractivity contribution >= 4 is 35.0 Å². The van der Waals surface area contributed by atoms with Gasteiger partial charge in [0.05, 0.1) is 18.6 Å². The lowest BCUT2D eigenvalue weighted by Crippen LogP contribution is -2.52. The number of carbonyl (C=O) groups is 3. The minimum atomic E-state index is -0.625. The van der Waals surface area contributed by atoms with Gasteiger partial charge in [0.1, 0.15) is 11.6 Å². The molecule has 32 heavy (non-hydrogen) atoms. The zero-order valence-electron chi connectivity index (χ0n) is 17.6. The molecule has 0 bridgehead atoms. The average molecular weight is 460 g/mol. The van der Waals surface area contributed by atoms with Gasteiger partial charge in [-0.15, -0.1) is 0 Å². The van der Waals surface area contributed by atoms with Crippen LogP contribution >= 0.6 is 11.6 Å². The fourth-order valence-electron chi connectivity index (χ4n) is 4.12. The molecule has 168 valence electrons. The van der Waals surface area contributed by atoms with E-state index in [-0.39, 0.29) is 41.9 Å². The van der Waals surface area contributed by atoms with Crippen molar-refractivity contribution in [1.82, 2.24) is 9.80 Å². The van der Waals surface area contributed by atoms with Gasteiger partial charge in [0.25, 0.3) is 5.91 Å². The molecular weight excluding hydrogens is 437 g/mol. The van der Waals surface area contributed by atoms with Gasteiger partial charge < -0.3 is 19.4 Å². The SMILES string of the molecule is COc1cccc(N2CC(C(=O)N3CCN(C(=O)c4cc(Cl)ccc4F)CC3)CC2=O)c1. The lowest BCUT2D eigenvalue weighted by Gasteiger charge is -2.36. The molecule has 7 nitrogen and oxygen atoms in total. The molecule has 2 fully saturated rings. The predicted octanol–water partition coefficient (Wildman–Crippen LogP) is 2.83. The Labute approximate surface area is 190 Å². The largest absolute Gasteiger partial charge is 0.497 e. The number of piperazine rings is 1. The van der Waals surface area contributed by atoms with Crippen molar-refractivity contribution in [3.63, 3.8) is 0 Å². The molecule has 2 aromatic rings. The molecule has 3 amide bonds. The number of amides is 3. The first-order valence-corrected chi connectivity index (χ1v) is 10.7. The van der Waals surface area contributed by atoms with Gasteiger partial charge >= 0.3 is 0 Å². The summed E-state index contributed by atoms with van der Waals surface area (Å²) in [6, 6.07) is 11.0. The second-order valence-corrected chi connectivity index (χ2v) is 8.28. The Morgan fingerprint density at radius 3 is 2.50 bits per heavy atom. The Hall–Kier alpha value is -3.13. The van der Waals surface area contributed by atoms with E-state index < -0.39 is 17.6 Å². The van der Waals surface area contributed by atoms with Crippen LogP contribution in [0.3, 0.4) is 0 Å².